The summed E-state index contributed by atoms with van der Waals surface area (Å²) in [6.07, 6.45) is 12.5. The smallest absolute Gasteiger partial charge is 0.0368 e. The van der Waals surface area contributed by atoms with E-state index in [4.69, 9.17) is 0 Å². The quantitative estimate of drug-likeness (QED) is 0.567. The second kappa shape index (κ2) is 8.73. The maximum atomic E-state index is 4.31. The molecule has 1 aliphatic carbocycles. The summed E-state index contributed by atoms with van der Waals surface area (Å²) in [6, 6.07) is 8.68. The van der Waals surface area contributed by atoms with Crippen molar-refractivity contribution in [3.05, 3.63) is 82.7 Å². The molecule has 0 unspecified atom stereocenters. The Kier molecular flexibility index (Phi) is 6.66. The highest BCUT2D eigenvalue weighted by Gasteiger charge is 2.10. The molecule has 0 N–H and O–H groups in total. The highest BCUT2D eigenvalue weighted by molar-refractivity contribution is 5.37. The minimum absolute atomic E-state index is 0.887. The molecule has 128 valence electrons. The predicted molar refractivity (Wildman–Crippen MR) is 106 cm³/mol. The van der Waals surface area contributed by atoms with Crippen molar-refractivity contribution in [3.63, 3.8) is 0 Å². The molecule has 0 saturated carbocycles. The first-order valence-corrected chi connectivity index (χ1v) is 9.05. The van der Waals surface area contributed by atoms with Crippen LogP contribution in [0.3, 0.4) is 0 Å². The zero-order valence-corrected chi connectivity index (χ0v) is 15.7. The van der Waals surface area contributed by atoms with Gasteiger partial charge in [-0.2, -0.15) is 0 Å². The zero-order chi connectivity index (χ0) is 17.5. The molecular formula is C23H31N. The van der Waals surface area contributed by atoms with E-state index in [1.807, 2.05) is 0 Å². The summed E-state index contributed by atoms with van der Waals surface area (Å²) < 4.78 is 0. The number of nitrogens with zero attached hydrogens (tertiary/aromatic N) is 1. The van der Waals surface area contributed by atoms with Crippen molar-refractivity contribution >= 4 is 0 Å². The third kappa shape index (κ3) is 4.99. The first kappa shape index (κ1) is 18.3. The van der Waals surface area contributed by atoms with Gasteiger partial charge in [0.1, 0.15) is 0 Å². The Morgan fingerprint density at radius 3 is 2.71 bits per heavy atom. The van der Waals surface area contributed by atoms with Gasteiger partial charge >= 0.3 is 0 Å². The van der Waals surface area contributed by atoms with Crippen molar-refractivity contribution in [1.29, 1.82) is 0 Å². The summed E-state index contributed by atoms with van der Waals surface area (Å²) in [6.45, 7) is 10.9. The standard InChI is InChI=1S/C23H31N/c1-6-7-11-22-13-15-23(14-12-19(22)3)24(5)20(4)17-21-10-8-9-18(2)16-21/h8-10,12,14-16H,4,6-7,11,13,17H2,1-3,5H3. The molecule has 24 heavy (non-hydrogen) atoms. The van der Waals surface area contributed by atoms with Gasteiger partial charge in [0.05, 0.1) is 0 Å². The van der Waals surface area contributed by atoms with Crippen LogP contribution in [0.25, 0.3) is 0 Å². The van der Waals surface area contributed by atoms with Gasteiger partial charge in [-0.1, -0.05) is 73.1 Å². The number of benzene rings is 1. The molecule has 2 rings (SSSR count). The summed E-state index contributed by atoms with van der Waals surface area (Å²) in [5.41, 5.74) is 8.00. The van der Waals surface area contributed by atoms with Crippen LogP contribution in [0.1, 0.15) is 50.7 Å². The van der Waals surface area contributed by atoms with Crippen LogP contribution in [0.5, 0.6) is 0 Å². The summed E-state index contributed by atoms with van der Waals surface area (Å²) in [5, 5.41) is 0. The lowest BCUT2D eigenvalue weighted by Crippen LogP contribution is -2.17. The van der Waals surface area contributed by atoms with E-state index in [-0.39, 0.29) is 0 Å². The monoisotopic (exact) mass is 321 g/mol. The minimum atomic E-state index is 0.887. The van der Waals surface area contributed by atoms with Crippen LogP contribution >= 0.6 is 0 Å². The zero-order valence-electron chi connectivity index (χ0n) is 15.7. The van der Waals surface area contributed by atoms with E-state index in [9.17, 15) is 0 Å². The molecule has 0 spiro atoms. The normalized spacial score (nSPS) is 14.4. The summed E-state index contributed by atoms with van der Waals surface area (Å²) >= 11 is 0. The van der Waals surface area contributed by atoms with E-state index in [2.05, 4.69) is 81.8 Å². The van der Waals surface area contributed by atoms with E-state index >= 15 is 0 Å². The molecule has 0 aromatic heterocycles. The van der Waals surface area contributed by atoms with E-state index in [0.717, 1.165) is 18.5 Å². The minimum Gasteiger partial charge on any atom is -0.349 e. The van der Waals surface area contributed by atoms with E-state index in [0.29, 0.717) is 0 Å². The SMILES string of the molecule is C=C(Cc1cccc(C)c1)N(C)C1=CCC(CCCC)=C(C)C=C1. The van der Waals surface area contributed by atoms with Gasteiger partial charge in [-0.15, -0.1) is 0 Å². The second-order valence-electron chi connectivity index (χ2n) is 6.85. The van der Waals surface area contributed by atoms with Gasteiger partial charge in [0.25, 0.3) is 0 Å². The van der Waals surface area contributed by atoms with E-state index in [1.165, 1.54) is 41.7 Å². The van der Waals surface area contributed by atoms with Crippen molar-refractivity contribution in [1.82, 2.24) is 4.90 Å². The lowest BCUT2D eigenvalue weighted by Gasteiger charge is -2.23. The van der Waals surface area contributed by atoms with Gasteiger partial charge < -0.3 is 4.90 Å². The molecule has 0 amide bonds. The predicted octanol–water partition coefficient (Wildman–Crippen LogP) is 6.33. The average Bonchev–Trinajstić information content (AvgIpc) is 2.74. The maximum Gasteiger partial charge on any atom is 0.0368 e. The third-order valence-electron chi connectivity index (χ3n) is 4.80. The lowest BCUT2D eigenvalue weighted by molar-refractivity contribution is 0.522. The van der Waals surface area contributed by atoms with Crippen molar-refractivity contribution in [2.24, 2.45) is 0 Å². The Morgan fingerprint density at radius 1 is 1.21 bits per heavy atom. The molecule has 0 heterocycles. The summed E-state index contributed by atoms with van der Waals surface area (Å²) in [4.78, 5) is 2.23. The summed E-state index contributed by atoms with van der Waals surface area (Å²) in [7, 11) is 2.13. The molecule has 0 radical (unpaired) electrons. The lowest BCUT2D eigenvalue weighted by atomic mass is 10.0. The Balaban J connectivity index is 2.04. The fourth-order valence-electron chi connectivity index (χ4n) is 3.08. The number of rotatable bonds is 7. The van der Waals surface area contributed by atoms with E-state index < -0.39 is 0 Å². The number of unbranched alkanes of at least 4 members (excludes halogenated alkanes) is 1. The largest absolute Gasteiger partial charge is 0.349 e. The highest BCUT2D eigenvalue weighted by Crippen LogP contribution is 2.25. The van der Waals surface area contributed by atoms with Gasteiger partial charge in [0.2, 0.25) is 0 Å². The molecule has 1 aliphatic rings. The van der Waals surface area contributed by atoms with Gasteiger partial charge in [0.15, 0.2) is 0 Å². The summed E-state index contributed by atoms with van der Waals surface area (Å²) in [5.74, 6) is 0. The first-order valence-electron chi connectivity index (χ1n) is 9.05. The molecule has 1 heteroatoms. The molecule has 1 aromatic rings. The van der Waals surface area contributed by atoms with E-state index in [1.54, 1.807) is 5.57 Å². The molecule has 0 aliphatic heterocycles. The van der Waals surface area contributed by atoms with Crippen LogP contribution in [-0.4, -0.2) is 11.9 Å². The Hall–Kier alpha value is -2.02. The molecule has 0 saturated heterocycles. The van der Waals surface area contributed by atoms with Crippen LogP contribution in [-0.2, 0) is 6.42 Å². The molecular weight excluding hydrogens is 290 g/mol. The van der Waals surface area contributed by atoms with Crippen molar-refractivity contribution in [2.75, 3.05) is 7.05 Å². The van der Waals surface area contributed by atoms with Gasteiger partial charge in [-0.05, 0) is 44.7 Å². The molecule has 0 bridgehead atoms. The average molecular weight is 322 g/mol. The third-order valence-corrected chi connectivity index (χ3v) is 4.80. The number of allylic oxidation sites excluding steroid dienone is 6. The number of hydrogen-bond acceptors (Lipinski definition) is 1. The molecule has 0 fully saturated rings. The van der Waals surface area contributed by atoms with Crippen LogP contribution in [0.4, 0.5) is 0 Å². The van der Waals surface area contributed by atoms with Crippen LogP contribution < -0.4 is 0 Å². The van der Waals surface area contributed by atoms with Crippen molar-refractivity contribution < 1.29 is 0 Å². The molecule has 1 aromatic carbocycles. The fourth-order valence-corrected chi connectivity index (χ4v) is 3.08. The molecule has 1 nitrogen and oxygen atoms in total. The number of likely N-dealkylation sites (N-methyl/N-ethyl adjacent to an activating group) is 1. The van der Waals surface area contributed by atoms with Crippen molar-refractivity contribution in [3.8, 4) is 0 Å². The van der Waals surface area contributed by atoms with Gasteiger partial charge in [-0.3, -0.25) is 0 Å². The van der Waals surface area contributed by atoms with Gasteiger partial charge in [-0.25, -0.2) is 0 Å². The highest BCUT2D eigenvalue weighted by atomic mass is 15.1. The first-order chi connectivity index (χ1) is 11.5. The fraction of sp³-hybridized carbons (Fsp3) is 0.391. The Labute approximate surface area is 148 Å². The van der Waals surface area contributed by atoms with Crippen molar-refractivity contribution in [2.45, 2.75) is 52.9 Å². The maximum absolute atomic E-state index is 4.31. The second-order valence-corrected chi connectivity index (χ2v) is 6.85. The molecule has 0 atom stereocenters. The number of hydrogen-bond donors (Lipinski definition) is 0. The Bertz CT molecular complexity index is 673. The Morgan fingerprint density at radius 2 is 2.00 bits per heavy atom. The van der Waals surface area contributed by atoms with Gasteiger partial charge in [0, 0.05) is 24.9 Å². The van der Waals surface area contributed by atoms with Crippen LogP contribution in [0.2, 0.25) is 0 Å². The topological polar surface area (TPSA) is 3.24 Å². The van der Waals surface area contributed by atoms with Crippen LogP contribution in [0, 0.1) is 6.92 Å². The number of aryl methyl sites for hydroxylation is 1. The van der Waals surface area contributed by atoms with Crippen LogP contribution in [0.15, 0.2) is 71.6 Å².